The van der Waals surface area contributed by atoms with Crippen LogP contribution < -0.4 is 0 Å². The Morgan fingerprint density at radius 2 is 1.66 bits per heavy atom. The molecule has 4 aromatic rings. The summed E-state index contributed by atoms with van der Waals surface area (Å²) >= 11 is 0. The van der Waals surface area contributed by atoms with Gasteiger partial charge in [-0.2, -0.15) is 0 Å². The van der Waals surface area contributed by atoms with Crippen LogP contribution in [0, 0.1) is 26.8 Å². The first-order valence-corrected chi connectivity index (χ1v) is 9.67. The van der Waals surface area contributed by atoms with Crippen LogP contribution in [-0.4, -0.2) is 19.1 Å². The van der Waals surface area contributed by atoms with Crippen molar-refractivity contribution in [1.29, 1.82) is 0 Å². The Morgan fingerprint density at radius 3 is 2.28 bits per heavy atom. The third kappa shape index (κ3) is 3.70. The van der Waals surface area contributed by atoms with Crippen molar-refractivity contribution in [3.05, 3.63) is 65.2 Å². The number of rotatable bonds is 2. The minimum absolute atomic E-state index is 0. The van der Waals surface area contributed by atoms with Crippen molar-refractivity contribution < 1.29 is 20.1 Å². The van der Waals surface area contributed by atoms with Crippen molar-refractivity contribution in [2.75, 3.05) is 0 Å². The normalized spacial score (nSPS) is 11.7. The van der Waals surface area contributed by atoms with Crippen LogP contribution in [0.5, 0.6) is 0 Å². The maximum Gasteiger partial charge on any atom is 0.0941 e. The molecule has 4 nitrogen and oxygen atoms in total. The molecular formula is C24H27IrN4-. The SMILES string of the molecule is Cc1cc(C(C)(C)C)cc(C)c1-n1ccnc1-c1[c-]cc2nc(C)n(C)c2c1.[Ir]. The molecule has 0 atom stereocenters. The van der Waals surface area contributed by atoms with Crippen LogP contribution in [0.4, 0.5) is 0 Å². The fourth-order valence-corrected chi connectivity index (χ4v) is 3.84. The molecule has 0 aliphatic heterocycles. The molecule has 0 aliphatic rings. The third-order valence-corrected chi connectivity index (χ3v) is 5.52. The molecule has 29 heavy (non-hydrogen) atoms. The third-order valence-electron chi connectivity index (χ3n) is 5.52. The molecule has 0 bridgehead atoms. The average molecular weight is 564 g/mol. The molecule has 2 aromatic carbocycles. The smallest absolute Gasteiger partial charge is 0.0941 e. The molecule has 2 aromatic heterocycles. The van der Waals surface area contributed by atoms with Crippen molar-refractivity contribution in [1.82, 2.24) is 19.1 Å². The monoisotopic (exact) mass is 564 g/mol. The minimum atomic E-state index is 0. The van der Waals surface area contributed by atoms with Crippen molar-refractivity contribution in [2.45, 2.75) is 47.0 Å². The predicted molar refractivity (Wildman–Crippen MR) is 115 cm³/mol. The summed E-state index contributed by atoms with van der Waals surface area (Å²) in [7, 11) is 2.04. The van der Waals surface area contributed by atoms with Crippen LogP contribution >= 0.6 is 0 Å². The average Bonchev–Trinajstić information content (AvgIpc) is 3.19. The molecule has 4 rings (SSSR count). The fraction of sp³-hybridized carbons (Fsp3) is 0.333. The summed E-state index contributed by atoms with van der Waals surface area (Å²) < 4.78 is 4.28. The van der Waals surface area contributed by atoms with Crippen molar-refractivity contribution in [3.63, 3.8) is 0 Å². The first-order valence-electron chi connectivity index (χ1n) is 9.67. The molecule has 0 saturated carbocycles. The largest absolute Gasteiger partial charge is 0.349 e. The van der Waals surface area contributed by atoms with Gasteiger partial charge in [0.25, 0.3) is 0 Å². The molecule has 2 heterocycles. The Kier molecular flexibility index (Phi) is 5.59. The van der Waals surface area contributed by atoms with E-state index in [1.807, 2.05) is 32.4 Å². The van der Waals surface area contributed by atoms with Gasteiger partial charge < -0.3 is 9.13 Å². The van der Waals surface area contributed by atoms with Crippen LogP contribution in [0.2, 0.25) is 0 Å². The van der Waals surface area contributed by atoms with E-state index in [4.69, 9.17) is 0 Å². The van der Waals surface area contributed by atoms with Gasteiger partial charge in [0.2, 0.25) is 0 Å². The molecule has 0 fully saturated rings. The van der Waals surface area contributed by atoms with E-state index in [2.05, 4.69) is 78.0 Å². The van der Waals surface area contributed by atoms with E-state index < -0.39 is 0 Å². The Morgan fingerprint density at radius 1 is 1.00 bits per heavy atom. The number of aryl methyl sites for hydroxylation is 4. The number of imidazole rings is 2. The van der Waals surface area contributed by atoms with Crippen LogP contribution in [0.25, 0.3) is 28.1 Å². The molecule has 0 aliphatic carbocycles. The Labute approximate surface area is 186 Å². The summed E-state index contributed by atoms with van der Waals surface area (Å²) in [6.07, 6.45) is 3.90. The second-order valence-electron chi connectivity index (χ2n) is 8.66. The van der Waals surface area contributed by atoms with E-state index in [1.54, 1.807) is 0 Å². The van der Waals surface area contributed by atoms with E-state index in [1.165, 1.54) is 22.4 Å². The van der Waals surface area contributed by atoms with Crippen molar-refractivity contribution in [2.24, 2.45) is 7.05 Å². The second-order valence-corrected chi connectivity index (χ2v) is 8.66. The summed E-state index contributed by atoms with van der Waals surface area (Å²) in [6.45, 7) is 13.1. The molecule has 0 amide bonds. The molecule has 0 spiro atoms. The van der Waals surface area contributed by atoms with Crippen LogP contribution in [0.15, 0.2) is 36.7 Å². The molecule has 0 saturated heterocycles. The Balaban J connectivity index is 0.00000240. The quantitative estimate of drug-likeness (QED) is 0.304. The van der Waals surface area contributed by atoms with Crippen LogP contribution in [-0.2, 0) is 32.6 Å². The molecule has 1 radical (unpaired) electrons. The van der Waals surface area contributed by atoms with Gasteiger partial charge in [-0.15, -0.1) is 23.8 Å². The summed E-state index contributed by atoms with van der Waals surface area (Å²) in [6, 6.07) is 12.1. The van der Waals surface area contributed by atoms with Crippen molar-refractivity contribution in [3.8, 4) is 17.1 Å². The Bertz CT molecular complexity index is 1170. The van der Waals surface area contributed by atoms with Gasteiger partial charge in [0.15, 0.2) is 0 Å². The maximum absolute atomic E-state index is 4.66. The summed E-state index contributed by atoms with van der Waals surface area (Å²) in [5.41, 5.74) is 8.20. The van der Waals surface area contributed by atoms with Gasteiger partial charge in [0.1, 0.15) is 0 Å². The first kappa shape index (κ1) is 21.5. The second kappa shape index (κ2) is 7.55. The number of hydrogen-bond donors (Lipinski definition) is 0. The van der Waals surface area contributed by atoms with Crippen molar-refractivity contribution >= 4 is 11.0 Å². The zero-order valence-electron chi connectivity index (χ0n) is 18.1. The molecule has 5 heteroatoms. The number of aromatic nitrogens is 4. The Hall–Kier alpha value is -2.23. The van der Waals surface area contributed by atoms with E-state index >= 15 is 0 Å². The standard InChI is InChI=1S/C24H27N4.Ir/c1-15-12-19(24(4,5)6)13-16(2)22(15)28-11-10-25-23(28)18-8-9-20-21(14-18)27(7)17(3)26-20;/h9-14H,1-7H3;/q-1;. The zero-order valence-corrected chi connectivity index (χ0v) is 20.5. The molecule has 153 valence electrons. The summed E-state index contributed by atoms with van der Waals surface area (Å²) in [4.78, 5) is 9.24. The van der Waals surface area contributed by atoms with E-state index in [9.17, 15) is 0 Å². The first-order chi connectivity index (χ1) is 13.2. The van der Waals surface area contributed by atoms with E-state index in [0.717, 1.165) is 28.2 Å². The van der Waals surface area contributed by atoms with E-state index in [-0.39, 0.29) is 25.5 Å². The van der Waals surface area contributed by atoms with Gasteiger partial charge in [-0.1, -0.05) is 32.9 Å². The van der Waals surface area contributed by atoms with Gasteiger partial charge in [0, 0.05) is 50.8 Å². The van der Waals surface area contributed by atoms with Crippen LogP contribution in [0.3, 0.4) is 0 Å². The van der Waals surface area contributed by atoms with E-state index in [0.29, 0.717) is 0 Å². The topological polar surface area (TPSA) is 35.6 Å². The maximum atomic E-state index is 4.66. The minimum Gasteiger partial charge on any atom is -0.349 e. The molecular weight excluding hydrogens is 537 g/mol. The number of fused-ring (bicyclic) bond motifs is 1. The summed E-state index contributed by atoms with van der Waals surface area (Å²) in [5, 5.41) is 0. The predicted octanol–water partition coefficient (Wildman–Crippen LogP) is 5.45. The zero-order chi connectivity index (χ0) is 20.2. The number of hydrogen-bond acceptors (Lipinski definition) is 2. The summed E-state index contributed by atoms with van der Waals surface area (Å²) in [5.74, 6) is 1.89. The van der Waals surface area contributed by atoms with Gasteiger partial charge in [-0.25, -0.2) is 0 Å². The van der Waals surface area contributed by atoms with Crippen LogP contribution in [0.1, 0.15) is 43.3 Å². The van der Waals surface area contributed by atoms with Gasteiger partial charge >= 0.3 is 0 Å². The van der Waals surface area contributed by atoms with Gasteiger partial charge in [0.05, 0.1) is 11.6 Å². The molecule has 0 unspecified atom stereocenters. The fourth-order valence-electron chi connectivity index (χ4n) is 3.84. The number of nitrogens with zero attached hydrogens (tertiary/aromatic N) is 4. The number of benzene rings is 2. The van der Waals surface area contributed by atoms with Gasteiger partial charge in [-0.05, 0) is 48.4 Å². The van der Waals surface area contributed by atoms with Gasteiger partial charge in [-0.3, -0.25) is 9.97 Å². The molecule has 0 N–H and O–H groups in total.